The van der Waals surface area contributed by atoms with Gasteiger partial charge in [-0.05, 0) is 0 Å². The number of carboxylic acids is 2. The van der Waals surface area contributed by atoms with E-state index in [0.717, 1.165) is 0 Å². The molecule has 0 spiro atoms. The Balaban J connectivity index is -0.0000000731. The van der Waals surface area contributed by atoms with Crippen molar-refractivity contribution in [3.63, 3.8) is 0 Å². The van der Waals surface area contributed by atoms with E-state index in [-0.39, 0.29) is 29.0 Å². The van der Waals surface area contributed by atoms with Gasteiger partial charge in [-0.3, -0.25) is 9.59 Å². The molecule has 0 aliphatic rings. The summed E-state index contributed by atoms with van der Waals surface area (Å²) in [6, 6.07) is 0. The number of aliphatic hydroxyl groups is 2. The number of thiocarbonyl (C=S) groups is 1. The monoisotopic (exact) mass is 339 g/mol. The molecule has 0 aromatic carbocycles. The van der Waals surface area contributed by atoms with E-state index in [0.29, 0.717) is 0 Å². The molecule has 0 aromatic rings. The second-order valence-corrected chi connectivity index (χ2v) is 3.75. The quantitative estimate of drug-likeness (QED) is 0.245. The number of carbonyl (C=O) groups is 2. The maximum atomic E-state index is 9.29. The molecular weight excluding hydrogens is 322 g/mol. The molecular formula is C7H17NO6S4. The SMILES string of the molecule is NC(=S)S.O=C(O)CS.O=C(O)CS.OCCO. The molecule has 110 valence electrons. The molecule has 0 heterocycles. The molecule has 0 aliphatic carbocycles. The molecule has 0 rings (SSSR count). The van der Waals surface area contributed by atoms with Crippen molar-refractivity contribution in [3.8, 4) is 0 Å². The minimum atomic E-state index is -0.881. The normalized spacial score (nSPS) is 7.17. The van der Waals surface area contributed by atoms with E-state index in [1.54, 1.807) is 0 Å². The van der Waals surface area contributed by atoms with Gasteiger partial charge in [-0.15, -0.1) is 12.6 Å². The third kappa shape index (κ3) is 150. The van der Waals surface area contributed by atoms with Crippen molar-refractivity contribution in [2.45, 2.75) is 0 Å². The summed E-state index contributed by atoms with van der Waals surface area (Å²) in [6.07, 6.45) is 0. The van der Waals surface area contributed by atoms with Gasteiger partial charge in [0.15, 0.2) is 0 Å². The summed E-state index contributed by atoms with van der Waals surface area (Å²) in [5.41, 5.74) is 4.71. The van der Waals surface area contributed by atoms with Crippen LogP contribution >= 0.6 is 50.1 Å². The number of hydrogen-bond acceptors (Lipinski definition) is 7. The number of nitrogens with two attached hydrogens (primary N) is 1. The average Bonchev–Trinajstić information content (AvgIpc) is 2.29. The van der Waals surface area contributed by atoms with E-state index in [1.165, 1.54) is 0 Å². The Morgan fingerprint density at radius 2 is 1.11 bits per heavy atom. The second-order valence-electron chi connectivity index (χ2n) is 1.89. The molecule has 0 saturated carbocycles. The zero-order valence-corrected chi connectivity index (χ0v) is 12.8. The van der Waals surface area contributed by atoms with E-state index in [2.05, 4.69) is 50.1 Å². The Morgan fingerprint density at radius 3 is 1.11 bits per heavy atom. The van der Waals surface area contributed by atoms with E-state index in [1.807, 2.05) is 0 Å². The number of carboxylic acid groups (broad SMARTS) is 2. The van der Waals surface area contributed by atoms with Crippen LogP contribution in [0.2, 0.25) is 0 Å². The summed E-state index contributed by atoms with van der Waals surface area (Å²) >= 11 is 14.5. The zero-order valence-electron chi connectivity index (χ0n) is 9.26. The van der Waals surface area contributed by atoms with Crippen LogP contribution in [0.25, 0.3) is 0 Å². The first kappa shape index (κ1) is 26.4. The fraction of sp³-hybridized carbons (Fsp3) is 0.571. The Bertz CT molecular complexity index is 196. The highest BCUT2D eigenvalue weighted by Gasteiger charge is 1.82. The van der Waals surface area contributed by atoms with Crippen molar-refractivity contribution in [1.29, 1.82) is 0 Å². The maximum absolute atomic E-state index is 9.29. The van der Waals surface area contributed by atoms with Gasteiger partial charge in [0.1, 0.15) is 4.32 Å². The topological polar surface area (TPSA) is 141 Å². The Hall–Kier alpha value is -0.200. The van der Waals surface area contributed by atoms with Gasteiger partial charge in [0, 0.05) is 0 Å². The van der Waals surface area contributed by atoms with Crippen LogP contribution in [-0.4, -0.2) is 61.4 Å². The van der Waals surface area contributed by atoms with Crippen LogP contribution in [0.5, 0.6) is 0 Å². The third-order valence-electron chi connectivity index (χ3n) is 0.371. The van der Waals surface area contributed by atoms with Gasteiger partial charge in [-0.2, -0.15) is 25.3 Å². The number of rotatable bonds is 3. The summed E-state index contributed by atoms with van der Waals surface area (Å²) in [5.74, 6) is -1.93. The van der Waals surface area contributed by atoms with Crippen LogP contribution in [0.15, 0.2) is 0 Å². The van der Waals surface area contributed by atoms with Crippen LogP contribution in [0.3, 0.4) is 0 Å². The van der Waals surface area contributed by atoms with Crippen LogP contribution < -0.4 is 5.73 Å². The number of aliphatic hydroxyl groups excluding tert-OH is 2. The first-order valence-electron chi connectivity index (χ1n) is 4.04. The molecule has 0 aromatic heterocycles. The van der Waals surface area contributed by atoms with Crippen molar-refractivity contribution in [1.82, 2.24) is 0 Å². The molecule has 6 N–H and O–H groups in total. The average molecular weight is 339 g/mol. The summed E-state index contributed by atoms with van der Waals surface area (Å²) < 4.78 is 0.194. The highest BCUT2D eigenvalue weighted by molar-refractivity contribution is 8.10. The molecule has 18 heavy (non-hydrogen) atoms. The highest BCUT2D eigenvalue weighted by atomic mass is 32.1. The molecule has 0 fully saturated rings. The fourth-order valence-electron chi connectivity index (χ4n) is 0. The molecule has 0 radical (unpaired) electrons. The van der Waals surface area contributed by atoms with Crippen molar-refractivity contribution in [3.05, 3.63) is 0 Å². The van der Waals surface area contributed by atoms with Crippen molar-refractivity contribution in [2.24, 2.45) is 5.73 Å². The summed E-state index contributed by atoms with van der Waals surface area (Å²) in [6.45, 7) is -0.250. The molecule has 7 nitrogen and oxygen atoms in total. The second kappa shape index (κ2) is 25.6. The lowest BCUT2D eigenvalue weighted by atomic mass is 10.8. The molecule has 0 unspecified atom stereocenters. The molecule has 0 bridgehead atoms. The number of hydrogen-bond donors (Lipinski definition) is 8. The Kier molecular flexibility index (Phi) is 37.5. The first-order chi connectivity index (χ1) is 8.19. The predicted molar refractivity (Wildman–Crippen MR) is 82.9 cm³/mol. The first-order valence-corrected chi connectivity index (χ1v) is 6.16. The summed E-state index contributed by atoms with van der Waals surface area (Å²) in [7, 11) is 0. The zero-order chi connectivity index (χ0) is 15.6. The van der Waals surface area contributed by atoms with Crippen molar-refractivity contribution < 1.29 is 30.0 Å². The standard InChI is InChI=1S/2C2H4O2S.C2H6O2.CH3NS2/c2*3-2(4)1-5;3-1-2-4;2-1(3)4/h2*5H,1H2,(H,3,4);3-4H,1-2H2;(H3,2,3,4). The van der Waals surface area contributed by atoms with Crippen LogP contribution in [0, 0.1) is 0 Å². The third-order valence-corrected chi connectivity index (χ3v) is 0.912. The molecule has 0 aliphatic heterocycles. The largest absolute Gasteiger partial charge is 0.481 e. The van der Waals surface area contributed by atoms with E-state index < -0.39 is 11.9 Å². The van der Waals surface area contributed by atoms with Gasteiger partial charge >= 0.3 is 11.9 Å². The van der Waals surface area contributed by atoms with Gasteiger partial charge in [0.2, 0.25) is 0 Å². The number of thiol groups is 3. The lowest BCUT2D eigenvalue weighted by molar-refractivity contribution is -0.134. The minimum Gasteiger partial charge on any atom is -0.481 e. The lowest BCUT2D eigenvalue weighted by Crippen LogP contribution is -1.94. The molecule has 0 saturated heterocycles. The highest BCUT2D eigenvalue weighted by Crippen LogP contribution is 1.67. The minimum absolute atomic E-state index is 0.0833. The van der Waals surface area contributed by atoms with E-state index in [9.17, 15) is 9.59 Å². The molecule has 0 amide bonds. The lowest BCUT2D eigenvalue weighted by Gasteiger charge is -1.71. The summed E-state index contributed by atoms with van der Waals surface area (Å²) in [4.78, 5) is 18.6. The predicted octanol–water partition coefficient (Wildman–Crippen LogP) is -0.868. The smallest absolute Gasteiger partial charge is 0.313 e. The number of aliphatic carboxylic acids is 2. The maximum Gasteiger partial charge on any atom is 0.313 e. The van der Waals surface area contributed by atoms with Crippen LogP contribution in [0.1, 0.15) is 0 Å². The summed E-state index contributed by atoms with van der Waals surface area (Å²) in [5, 5.41) is 30.5. The van der Waals surface area contributed by atoms with Gasteiger partial charge in [0.25, 0.3) is 0 Å². The van der Waals surface area contributed by atoms with Crippen LogP contribution in [-0.2, 0) is 9.59 Å². The van der Waals surface area contributed by atoms with E-state index in [4.69, 9.17) is 26.2 Å². The Labute approximate surface area is 127 Å². The van der Waals surface area contributed by atoms with Gasteiger partial charge in [-0.1, -0.05) is 12.2 Å². The van der Waals surface area contributed by atoms with Gasteiger partial charge < -0.3 is 26.2 Å². The molecule has 11 heteroatoms. The fourth-order valence-corrected chi connectivity index (χ4v) is 0. The molecule has 0 atom stereocenters. The van der Waals surface area contributed by atoms with Gasteiger partial charge in [0.05, 0.1) is 24.7 Å². The van der Waals surface area contributed by atoms with E-state index >= 15 is 0 Å². The van der Waals surface area contributed by atoms with Crippen molar-refractivity contribution >= 4 is 66.4 Å². The van der Waals surface area contributed by atoms with Crippen molar-refractivity contribution in [2.75, 3.05) is 24.7 Å². The van der Waals surface area contributed by atoms with Crippen LogP contribution in [0.4, 0.5) is 0 Å². The Morgan fingerprint density at radius 1 is 1.00 bits per heavy atom. The van der Waals surface area contributed by atoms with Gasteiger partial charge in [-0.25, -0.2) is 0 Å².